The van der Waals surface area contributed by atoms with E-state index in [2.05, 4.69) is 34.7 Å². The van der Waals surface area contributed by atoms with Crippen molar-refractivity contribution < 1.29 is 4.79 Å². The van der Waals surface area contributed by atoms with Gasteiger partial charge in [-0.15, -0.1) is 16.4 Å². The lowest BCUT2D eigenvalue weighted by Crippen LogP contribution is -2.33. The van der Waals surface area contributed by atoms with Crippen molar-refractivity contribution in [3.8, 4) is 0 Å². The lowest BCUT2D eigenvalue weighted by molar-refractivity contribution is -0.119. The first-order valence-electron chi connectivity index (χ1n) is 7.89. The van der Waals surface area contributed by atoms with Gasteiger partial charge in [-0.3, -0.25) is 4.79 Å². The van der Waals surface area contributed by atoms with Crippen molar-refractivity contribution in [2.24, 2.45) is 0 Å². The quantitative estimate of drug-likeness (QED) is 0.525. The fraction of sp³-hybridized carbons (Fsp3) is 0.600. The number of aromatic nitrogens is 4. The molecule has 0 aliphatic carbocycles. The van der Waals surface area contributed by atoms with Gasteiger partial charge in [0.15, 0.2) is 0 Å². The molecule has 1 amide bonds. The van der Waals surface area contributed by atoms with E-state index >= 15 is 0 Å². The van der Waals surface area contributed by atoms with E-state index in [9.17, 15) is 4.79 Å². The molecule has 23 heavy (non-hydrogen) atoms. The number of rotatable bonds is 10. The Kier molecular flexibility index (Phi) is 7.54. The molecular formula is C15H23N5OS2. The van der Waals surface area contributed by atoms with Crippen LogP contribution < -0.4 is 5.32 Å². The second-order valence-electron chi connectivity index (χ2n) is 5.45. The van der Waals surface area contributed by atoms with Gasteiger partial charge in [0.1, 0.15) is 0 Å². The third-order valence-electron chi connectivity index (χ3n) is 3.37. The highest BCUT2D eigenvalue weighted by atomic mass is 32.2. The molecule has 2 rings (SSSR count). The fourth-order valence-corrected chi connectivity index (χ4v) is 3.54. The highest BCUT2D eigenvalue weighted by Crippen LogP contribution is 2.17. The van der Waals surface area contributed by atoms with E-state index in [1.165, 1.54) is 29.5 Å². The number of nitrogens with one attached hydrogen (secondary N) is 1. The van der Waals surface area contributed by atoms with Gasteiger partial charge in [-0.25, -0.2) is 4.68 Å². The highest BCUT2D eigenvalue weighted by molar-refractivity contribution is 7.99. The van der Waals surface area contributed by atoms with Crippen LogP contribution in [0.1, 0.15) is 44.4 Å². The van der Waals surface area contributed by atoms with E-state index < -0.39 is 0 Å². The Morgan fingerprint density at radius 1 is 1.48 bits per heavy atom. The van der Waals surface area contributed by atoms with Gasteiger partial charge in [-0.1, -0.05) is 44.0 Å². The van der Waals surface area contributed by atoms with Gasteiger partial charge in [0.25, 0.3) is 0 Å². The molecule has 0 saturated heterocycles. The monoisotopic (exact) mass is 353 g/mol. The summed E-state index contributed by atoms with van der Waals surface area (Å²) in [6.45, 7) is 4.88. The first-order valence-corrected chi connectivity index (χ1v) is 9.76. The minimum atomic E-state index is 0.0321. The van der Waals surface area contributed by atoms with Crippen LogP contribution in [0, 0.1) is 0 Å². The minimum Gasteiger partial charge on any atom is -0.353 e. The molecule has 1 atom stereocenters. The SMILES string of the molecule is CCCCCC(C)NC(=O)CSc1nnnn1Cc1cccs1. The molecule has 1 N–H and O–H groups in total. The minimum absolute atomic E-state index is 0.0321. The zero-order valence-electron chi connectivity index (χ0n) is 13.6. The molecule has 1 unspecified atom stereocenters. The van der Waals surface area contributed by atoms with Crippen LogP contribution >= 0.6 is 23.1 Å². The van der Waals surface area contributed by atoms with Crippen LogP contribution in [0.25, 0.3) is 0 Å². The highest BCUT2D eigenvalue weighted by Gasteiger charge is 2.12. The van der Waals surface area contributed by atoms with Crippen LogP contribution in [0.5, 0.6) is 0 Å². The number of thiophene rings is 1. The lowest BCUT2D eigenvalue weighted by atomic mass is 10.1. The zero-order valence-corrected chi connectivity index (χ0v) is 15.2. The average molecular weight is 354 g/mol. The van der Waals surface area contributed by atoms with Crippen LogP contribution in [0.15, 0.2) is 22.7 Å². The van der Waals surface area contributed by atoms with Crippen molar-refractivity contribution in [3.63, 3.8) is 0 Å². The third-order valence-corrected chi connectivity index (χ3v) is 5.18. The smallest absolute Gasteiger partial charge is 0.230 e. The number of carbonyl (C=O) groups is 1. The summed E-state index contributed by atoms with van der Waals surface area (Å²) in [6.07, 6.45) is 4.60. The van der Waals surface area contributed by atoms with E-state index in [-0.39, 0.29) is 11.9 Å². The Labute approximate surface area is 145 Å². The summed E-state index contributed by atoms with van der Waals surface area (Å²) in [6, 6.07) is 4.27. The van der Waals surface area contributed by atoms with E-state index in [0.717, 1.165) is 12.8 Å². The Morgan fingerprint density at radius 2 is 2.35 bits per heavy atom. The van der Waals surface area contributed by atoms with E-state index in [4.69, 9.17) is 0 Å². The molecule has 0 fully saturated rings. The number of nitrogens with zero attached hydrogens (tertiary/aromatic N) is 4. The van der Waals surface area contributed by atoms with Gasteiger partial charge in [-0.05, 0) is 35.2 Å². The molecule has 126 valence electrons. The molecule has 0 aliphatic heterocycles. The maximum atomic E-state index is 12.0. The number of hydrogen-bond donors (Lipinski definition) is 1. The molecule has 0 radical (unpaired) electrons. The van der Waals surface area contributed by atoms with Gasteiger partial charge < -0.3 is 5.32 Å². The van der Waals surface area contributed by atoms with E-state index in [0.29, 0.717) is 17.5 Å². The van der Waals surface area contributed by atoms with Crippen LogP contribution in [0.2, 0.25) is 0 Å². The normalized spacial score (nSPS) is 12.3. The van der Waals surface area contributed by atoms with Gasteiger partial charge in [0, 0.05) is 10.9 Å². The van der Waals surface area contributed by atoms with Crippen molar-refractivity contribution in [3.05, 3.63) is 22.4 Å². The number of hydrogen-bond acceptors (Lipinski definition) is 6. The Bertz CT molecular complexity index is 584. The molecule has 2 heterocycles. The fourth-order valence-electron chi connectivity index (χ4n) is 2.17. The molecule has 0 saturated carbocycles. The first-order chi connectivity index (χ1) is 11.2. The first kappa shape index (κ1) is 17.9. The predicted molar refractivity (Wildman–Crippen MR) is 93.7 cm³/mol. The van der Waals surface area contributed by atoms with Gasteiger partial charge in [-0.2, -0.15) is 0 Å². The van der Waals surface area contributed by atoms with Crippen molar-refractivity contribution in [1.82, 2.24) is 25.5 Å². The molecular weight excluding hydrogens is 330 g/mol. The molecule has 0 bridgehead atoms. The third kappa shape index (κ3) is 6.31. The number of unbranched alkanes of at least 4 members (excludes halogenated alkanes) is 2. The topological polar surface area (TPSA) is 72.7 Å². The summed E-state index contributed by atoms with van der Waals surface area (Å²) in [7, 11) is 0. The second-order valence-corrected chi connectivity index (χ2v) is 7.43. The maximum absolute atomic E-state index is 12.0. The number of amides is 1. The summed E-state index contributed by atoms with van der Waals surface area (Å²) in [5.74, 6) is 0.368. The van der Waals surface area contributed by atoms with Crippen molar-refractivity contribution >= 4 is 29.0 Å². The van der Waals surface area contributed by atoms with Crippen molar-refractivity contribution in [1.29, 1.82) is 0 Å². The van der Waals surface area contributed by atoms with E-state index in [1.807, 2.05) is 17.5 Å². The molecule has 0 aromatic carbocycles. The largest absolute Gasteiger partial charge is 0.353 e. The van der Waals surface area contributed by atoms with E-state index in [1.54, 1.807) is 16.0 Å². The van der Waals surface area contributed by atoms with Crippen LogP contribution in [-0.4, -0.2) is 37.9 Å². The Morgan fingerprint density at radius 3 is 3.09 bits per heavy atom. The molecule has 2 aromatic heterocycles. The van der Waals surface area contributed by atoms with Gasteiger partial charge in [0.2, 0.25) is 11.1 Å². The molecule has 0 spiro atoms. The summed E-state index contributed by atoms with van der Waals surface area (Å²) in [4.78, 5) is 13.2. The second kappa shape index (κ2) is 9.67. The molecule has 8 heteroatoms. The number of thioether (sulfide) groups is 1. The van der Waals surface area contributed by atoms with Gasteiger partial charge in [0.05, 0.1) is 12.3 Å². The predicted octanol–water partition coefficient (Wildman–Crippen LogP) is 2.96. The van der Waals surface area contributed by atoms with Gasteiger partial charge >= 0.3 is 0 Å². The average Bonchev–Trinajstić information content (AvgIpc) is 3.18. The summed E-state index contributed by atoms with van der Waals surface area (Å²) in [5, 5.41) is 17.4. The van der Waals surface area contributed by atoms with Crippen LogP contribution in [0.4, 0.5) is 0 Å². The number of tetrazole rings is 1. The van der Waals surface area contributed by atoms with Crippen molar-refractivity contribution in [2.75, 3.05) is 5.75 Å². The maximum Gasteiger partial charge on any atom is 0.230 e. The summed E-state index contributed by atoms with van der Waals surface area (Å²) >= 11 is 3.04. The zero-order chi connectivity index (χ0) is 16.5. The number of carbonyl (C=O) groups excluding carboxylic acids is 1. The summed E-state index contributed by atoms with van der Waals surface area (Å²) < 4.78 is 1.73. The Hall–Kier alpha value is -1.41. The molecule has 6 nitrogen and oxygen atoms in total. The summed E-state index contributed by atoms with van der Waals surface area (Å²) in [5.41, 5.74) is 0. The molecule has 2 aromatic rings. The van der Waals surface area contributed by atoms with Crippen LogP contribution in [-0.2, 0) is 11.3 Å². The standard InChI is InChI=1S/C15H23N5OS2/c1-3-4-5-7-12(2)16-14(21)11-23-15-17-18-19-20(15)10-13-8-6-9-22-13/h6,8-9,12H,3-5,7,10-11H2,1-2H3,(H,16,21). The Balaban J connectivity index is 1.75. The lowest BCUT2D eigenvalue weighted by Gasteiger charge is -2.13. The molecule has 0 aliphatic rings. The van der Waals surface area contributed by atoms with Crippen LogP contribution in [0.3, 0.4) is 0 Å². The van der Waals surface area contributed by atoms with Crippen molar-refractivity contribution in [2.45, 2.75) is 57.3 Å².